The summed E-state index contributed by atoms with van der Waals surface area (Å²) in [6.45, 7) is 1.18. The molecule has 0 saturated carbocycles. The van der Waals surface area contributed by atoms with Gasteiger partial charge < -0.3 is 9.30 Å². The number of hydrogen-bond acceptors (Lipinski definition) is 3. The molecule has 1 amide bonds. The first-order valence-corrected chi connectivity index (χ1v) is 7.50. The molecule has 1 aromatic carbocycles. The van der Waals surface area contributed by atoms with Crippen molar-refractivity contribution in [3.8, 4) is 6.07 Å². The molecule has 112 valence electrons. The molecule has 23 heavy (non-hydrogen) atoms. The summed E-state index contributed by atoms with van der Waals surface area (Å²) in [6, 6.07) is 14.8. The molecule has 0 radical (unpaired) electrons. The topological polar surface area (TPSA) is 61.4 Å². The summed E-state index contributed by atoms with van der Waals surface area (Å²) in [4.78, 5) is 19.2. The van der Waals surface area contributed by atoms with Gasteiger partial charge in [0, 0.05) is 24.7 Å². The van der Waals surface area contributed by atoms with Gasteiger partial charge >= 0.3 is 0 Å². The van der Waals surface area contributed by atoms with Crippen LogP contribution in [0.3, 0.4) is 0 Å². The quantitative estimate of drug-likeness (QED) is 0.693. The van der Waals surface area contributed by atoms with Crippen LogP contribution in [0.1, 0.15) is 27.3 Å². The van der Waals surface area contributed by atoms with Crippen molar-refractivity contribution in [2.24, 2.45) is 0 Å². The third kappa shape index (κ3) is 2.25. The summed E-state index contributed by atoms with van der Waals surface area (Å²) in [5.74, 6) is -0.0429. The van der Waals surface area contributed by atoms with E-state index in [-0.39, 0.29) is 5.91 Å². The molecule has 0 spiro atoms. The second kappa shape index (κ2) is 5.25. The molecule has 0 bridgehead atoms. The number of rotatable bonds is 1. The molecule has 3 aromatic rings. The third-order valence-electron chi connectivity index (χ3n) is 4.20. The lowest BCUT2D eigenvalue weighted by molar-refractivity contribution is 0.0731. The lowest BCUT2D eigenvalue weighted by Crippen LogP contribution is -2.36. The maximum atomic E-state index is 12.7. The SMILES string of the molecule is N#Cc1cccc(C(=O)N2CCc3nc4ccccn4c3C2)c1. The Morgan fingerprint density at radius 3 is 3.00 bits per heavy atom. The third-order valence-corrected chi connectivity index (χ3v) is 4.20. The van der Waals surface area contributed by atoms with Crippen molar-refractivity contribution in [2.75, 3.05) is 6.54 Å². The zero-order valence-electron chi connectivity index (χ0n) is 12.4. The van der Waals surface area contributed by atoms with E-state index in [0.29, 0.717) is 24.2 Å². The van der Waals surface area contributed by atoms with Gasteiger partial charge in [-0.25, -0.2) is 4.98 Å². The first-order valence-electron chi connectivity index (χ1n) is 7.50. The smallest absolute Gasteiger partial charge is 0.254 e. The van der Waals surface area contributed by atoms with Crippen LogP contribution in [0.2, 0.25) is 0 Å². The molecule has 0 unspecified atom stereocenters. The second-order valence-corrected chi connectivity index (χ2v) is 5.60. The van der Waals surface area contributed by atoms with Crippen molar-refractivity contribution in [1.82, 2.24) is 14.3 Å². The zero-order valence-corrected chi connectivity index (χ0v) is 12.4. The summed E-state index contributed by atoms with van der Waals surface area (Å²) in [7, 11) is 0. The number of nitriles is 1. The minimum atomic E-state index is -0.0429. The van der Waals surface area contributed by atoms with Gasteiger partial charge in [0.25, 0.3) is 5.91 Å². The van der Waals surface area contributed by atoms with Crippen LogP contribution >= 0.6 is 0 Å². The van der Waals surface area contributed by atoms with Crippen molar-refractivity contribution in [2.45, 2.75) is 13.0 Å². The summed E-state index contributed by atoms with van der Waals surface area (Å²) in [5, 5.41) is 8.99. The highest BCUT2D eigenvalue weighted by Gasteiger charge is 2.25. The summed E-state index contributed by atoms with van der Waals surface area (Å²) < 4.78 is 2.04. The van der Waals surface area contributed by atoms with Crippen molar-refractivity contribution in [3.63, 3.8) is 0 Å². The number of imidazole rings is 1. The van der Waals surface area contributed by atoms with E-state index in [1.165, 1.54) is 0 Å². The van der Waals surface area contributed by atoms with E-state index in [1.54, 1.807) is 24.3 Å². The molecule has 0 saturated heterocycles. The number of aromatic nitrogens is 2. The van der Waals surface area contributed by atoms with Gasteiger partial charge in [-0.05, 0) is 30.3 Å². The van der Waals surface area contributed by atoms with Crippen LogP contribution in [0.5, 0.6) is 0 Å². The molecule has 3 heterocycles. The van der Waals surface area contributed by atoms with Gasteiger partial charge in [-0.3, -0.25) is 4.79 Å². The van der Waals surface area contributed by atoms with Gasteiger partial charge in [-0.1, -0.05) is 12.1 Å². The molecule has 4 rings (SSSR count). The standard InChI is InChI=1S/C18H14N4O/c19-11-13-4-3-5-14(10-13)18(23)21-9-7-15-16(12-21)22-8-2-1-6-17(22)20-15/h1-6,8,10H,7,9,12H2. The van der Waals surface area contributed by atoms with Crippen LogP contribution < -0.4 is 0 Å². The monoisotopic (exact) mass is 302 g/mol. The number of carbonyl (C=O) groups is 1. The van der Waals surface area contributed by atoms with Gasteiger partial charge in [-0.2, -0.15) is 5.26 Å². The Labute approximate surface area is 133 Å². The van der Waals surface area contributed by atoms with Gasteiger partial charge in [0.2, 0.25) is 0 Å². The molecular formula is C18H14N4O. The van der Waals surface area contributed by atoms with Gasteiger partial charge in [-0.15, -0.1) is 0 Å². The van der Waals surface area contributed by atoms with Crippen LogP contribution in [0.25, 0.3) is 5.65 Å². The van der Waals surface area contributed by atoms with Crippen LogP contribution in [-0.4, -0.2) is 26.7 Å². The van der Waals surface area contributed by atoms with Crippen molar-refractivity contribution in [3.05, 3.63) is 71.2 Å². The summed E-state index contributed by atoms with van der Waals surface area (Å²) in [5.41, 5.74) is 4.10. The number of hydrogen-bond donors (Lipinski definition) is 0. The van der Waals surface area contributed by atoms with E-state index in [4.69, 9.17) is 5.26 Å². The number of fused-ring (bicyclic) bond motifs is 3. The fraction of sp³-hybridized carbons (Fsp3) is 0.167. The predicted molar refractivity (Wildman–Crippen MR) is 84.8 cm³/mol. The van der Waals surface area contributed by atoms with Crippen molar-refractivity contribution < 1.29 is 4.79 Å². The number of amides is 1. The Bertz CT molecular complexity index is 951. The molecule has 2 aromatic heterocycles. The predicted octanol–water partition coefficient (Wildman–Crippen LogP) is 2.40. The minimum Gasteiger partial charge on any atom is -0.332 e. The van der Waals surface area contributed by atoms with Crippen LogP contribution in [0.4, 0.5) is 0 Å². The maximum absolute atomic E-state index is 12.7. The lowest BCUT2D eigenvalue weighted by atomic mass is 10.1. The Hall–Kier alpha value is -3.13. The first kappa shape index (κ1) is 13.5. The zero-order chi connectivity index (χ0) is 15.8. The number of nitrogens with zero attached hydrogens (tertiary/aromatic N) is 4. The highest BCUT2D eigenvalue weighted by molar-refractivity contribution is 5.94. The Kier molecular flexibility index (Phi) is 3.09. The molecule has 0 N–H and O–H groups in total. The van der Waals surface area contributed by atoms with E-state index >= 15 is 0 Å². The molecule has 0 aliphatic carbocycles. The van der Waals surface area contributed by atoms with Crippen molar-refractivity contribution in [1.29, 1.82) is 5.26 Å². The molecule has 1 aliphatic heterocycles. The van der Waals surface area contributed by atoms with E-state index in [9.17, 15) is 4.79 Å². The first-order chi connectivity index (χ1) is 11.3. The van der Waals surface area contributed by atoms with Gasteiger partial charge in [0.05, 0.1) is 29.6 Å². The lowest BCUT2D eigenvalue weighted by Gasteiger charge is -2.26. The van der Waals surface area contributed by atoms with Crippen LogP contribution in [0.15, 0.2) is 48.7 Å². The fourth-order valence-electron chi connectivity index (χ4n) is 3.04. The Balaban J connectivity index is 1.67. The normalized spacial score (nSPS) is 13.6. The van der Waals surface area contributed by atoms with E-state index in [1.807, 2.05) is 33.7 Å². The van der Waals surface area contributed by atoms with Gasteiger partial charge in [0.1, 0.15) is 5.65 Å². The molecular weight excluding hydrogens is 288 g/mol. The average Bonchev–Trinajstić information content (AvgIpc) is 2.99. The van der Waals surface area contributed by atoms with Gasteiger partial charge in [0.15, 0.2) is 0 Å². The van der Waals surface area contributed by atoms with E-state index < -0.39 is 0 Å². The largest absolute Gasteiger partial charge is 0.332 e. The number of benzene rings is 1. The number of carbonyl (C=O) groups excluding carboxylic acids is 1. The molecule has 1 aliphatic rings. The van der Waals surface area contributed by atoms with E-state index in [2.05, 4.69) is 11.1 Å². The Morgan fingerprint density at radius 2 is 2.13 bits per heavy atom. The molecule has 5 heteroatoms. The molecule has 0 fully saturated rings. The highest BCUT2D eigenvalue weighted by Crippen LogP contribution is 2.22. The maximum Gasteiger partial charge on any atom is 0.254 e. The molecule has 0 atom stereocenters. The van der Waals surface area contributed by atoms with Crippen molar-refractivity contribution >= 4 is 11.6 Å². The molecule has 5 nitrogen and oxygen atoms in total. The highest BCUT2D eigenvalue weighted by atomic mass is 16.2. The minimum absolute atomic E-state index is 0.0429. The average molecular weight is 302 g/mol. The summed E-state index contributed by atoms with van der Waals surface area (Å²) in [6.07, 6.45) is 2.73. The Morgan fingerprint density at radius 1 is 1.22 bits per heavy atom. The number of pyridine rings is 1. The summed E-state index contributed by atoms with van der Waals surface area (Å²) >= 11 is 0. The second-order valence-electron chi connectivity index (χ2n) is 5.60. The fourth-order valence-corrected chi connectivity index (χ4v) is 3.04. The van der Waals surface area contributed by atoms with Crippen LogP contribution in [-0.2, 0) is 13.0 Å². The van der Waals surface area contributed by atoms with E-state index in [0.717, 1.165) is 23.5 Å². The van der Waals surface area contributed by atoms with Crippen LogP contribution in [0, 0.1) is 11.3 Å².